The van der Waals surface area contributed by atoms with Gasteiger partial charge in [0.1, 0.15) is 5.41 Å². The third-order valence-corrected chi connectivity index (χ3v) is 12.8. The van der Waals surface area contributed by atoms with E-state index in [0.29, 0.717) is 0 Å². The van der Waals surface area contributed by atoms with Crippen molar-refractivity contribution in [3.63, 3.8) is 0 Å². The summed E-state index contributed by atoms with van der Waals surface area (Å²) in [6, 6.07) is 14.0. The molecule has 0 saturated heterocycles. The summed E-state index contributed by atoms with van der Waals surface area (Å²) in [5, 5.41) is 1.60. The summed E-state index contributed by atoms with van der Waals surface area (Å²) in [4.78, 5) is 13.0. The topological polar surface area (TPSA) is 26.3 Å². The molecule has 1 fully saturated rings. The molecular weight excluding hydrogens is 336 g/mol. The Morgan fingerprint density at radius 3 is 2.15 bits per heavy atom. The van der Waals surface area contributed by atoms with E-state index in [9.17, 15) is 4.79 Å². The molecule has 142 valence electrons. The Bertz CT molecular complexity index is 690. The van der Waals surface area contributed by atoms with Crippen molar-refractivity contribution in [3.05, 3.63) is 58.3 Å². The van der Waals surface area contributed by atoms with Crippen molar-refractivity contribution in [2.75, 3.05) is 7.11 Å². The number of carbonyl (C=O) groups excluding carboxylic acids is 1. The van der Waals surface area contributed by atoms with E-state index >= 15 is 0 Å². The highest BCUT2D eigenvalue weighted by Gasteiger charge is 2.49. The van der Waals surface area contributed by atoms with Crippen LogP contribution in [0.1, 0.15) is 53.0 Å². The van der Waals surface area contributed by atoms with Crippen molar-refractivity contribution >= 4 is 14.0 Å². The third-order valence-electron chi connectivity index (χ3n) is 6.89. The monoisotopic (exact) mass is 370 g/mol. The molecule has 0 heterocycles. The fourth-order valence-corrected chi connectivity index (χ4v) is 8.82. The normalized spacial score (nSPS) is 24.0. The molecule has 0 spiro atoms. The van der Waals surface area contributed by atoms with Crippen molar-refractivity contribution in [2.45, 2.75) is 71.0 Å². The molecule has 0 amide bonds. The van der Waals surface area contributed by atoms with E-state index in [1.807, 2.05) is 18.2 Å². The molecule has 0 aromatic heterocycles. The summed E-state index contributed by atoms with van der Waals surface area (Å²) in [5.74, 6) is -0.109. The molecule has 1 aromatic carbocycles. The molecule has 0 unspecified atom stereocenters. The molecule has 0 N–H and O–H groups in total. The van der Waals surface area contributed by atoms with E-state index in [1.54, 1.807) is 5.20 Å². The SMILES string of the molecule is C/C=C1\C[C@](C(=O)OC)(c2ccccc2)C\C1=C(/C)[Si](CC)(CC)CC. The molecule has 1 aliphatic carbocycles. The first-order chi connectivity index (χ1) is 12.4. The van der Waals surface area contributed by atoms with E-state index in [1.165, 1.54) is 36.4 Å². The zero-order valence-electron chi connectivity index (χ0n) is 17.3. The van der Waals surface area contributed by atoms with Crippen LogP contribution in [0.5, 0.6) is 0 Å². The largest absolute Gasteiger partial charge is 0.468 e. The average molecular weight is 371 g/mol. The Morgan fingerprint density at radius 1 is 1.12 bits per heavy atom. The number of rotatable bonds is 6. The van der Waals surface area contributed by atoms with E-state index in [4.69, 9.17) is 4.74 Å². The Kier molecular flexibility index (Phi) is 6.67. The number of hydrogen-bond donors (Lipinski definition) is 0. The Labute approximate surface area is 160 Å². The maximum atomic E-state index is 13.0. The van der Waals surface area contributed by atoms with Gasteiger partial charge >= 0.3 is 5.97 Å². The first kappa shape index (κ1) is 20.7. The van der Waals surface area contributed by atoms with Crippen LogP contribution in [0, 0.1) is 0 Å². The third kappa shape index (κ3) is 3.34. The molecule has 0 radical (unpaired) electrons. The first-order valence-corrected chi connectivity index (χ1v) is 12.6. The van der Waals surface area contributed by atoms with Gasteiger partial charge in [0.25, 0.3) is 0 Å². The van der Waals surface area contributed by atoms with Crippen LogP contribution in [0.15, 0.2) is 52.8 Å². The fourth-order valence-electron chi connectivity index (χ4n) is 4.84. The highest BCUT2D eigenvalue weighted by molar-refractivity contribution is 6.86. The summed E-state index contributed by atoms with van der Waals surface area (Å²) in [5.41, 5.74) is 3.26. The van der Waals surface area contributed by atoms with Crippen LogP contribution in [-0.2, 0) is 14.9 Å². The van der Waals surface area contributed by atoms with Crippen LogP contribution < -0.4 is 0 Å². The number of esters is 1. The van der Waals surface area contributed by atoms with Gasteiger partial charge in [-0.3, -0.25) is 4.79 Å². The number of benzene rings is 1. The van der Waals surface area contributed by atoms with Crippen LogP contribution in [0.4, 0.5) is 0 Å². The van der Waals surface area contributed by atoms with Crippen LogP contribution >= 0.6 is 0 Å². The van der Waals surface area contributed by atoms with Gasteiger partial charge in [-0.05, 0) is 43.4 Å². The maximum Gasteiger partial charge on any atom is 0.316 e. The van der Waals surface area contributed by atoms with Gasteiger partial charge < -0.3 is 4.74 Å². The molecule has 2 rings (SSSR count). The van der Waals surface area contributed by atoms with Crippen molar-refractivity contribution in [3.8, 4) is 0 Å². The molecule has 1 saturated carbocycles. The number of hydrogen-bond acceptors (Lipinski definition) is 2. The van der Waals surface area contributed by atoms with E-state index in [-0.39, 0.29) is 5.97 Å². The number of methoxy groups -OCH3 is 1. The maximum absolute atomic E-state index is 13.0. The van der Waals surface area contributed by atoms with Gasteiger partial charge in [-0.1, -0.05) is 80.5 Å². The van der Waals surface area contributed by atoms with Crippen molar-refractivity contribution in [1.82, 2.24) is 0 Å². The Hall–Kier alpha value is -1.61. The summed E-state index contributed by atoms with van der Waals surface area (Å²) < 4.78 is 5.30. The summed E-state index contributed by atoms with van der Waals surface area (Å²) in [7, 11) is 0.0483. The predicted molar refractivity (Wildman–Crippen MR) is 113 cm³/mol. The molecule has 0 aliphatic heterocycles. The lowest BCUT2D eigenvalue weighted by atomic mass is 9.78. The van der Waals surface area contributed by atoms with E-state index in [0.717, 1.165) is 18.4 Å². The second kappa shape index (κ2) is 8.39. The minimum atomic E-state index is -1.47. The second-order valence-corrected chi connectivity index (χ2v) is 13.0. The Morgan fingerprint density at radius 2 is 1.69 bits per heavy atom. The molecule has 1 atom stereocenters. The molecule has 26 heavy (non-hydrogen) atoms. The predicted octanol–water partition coefficient (Wildman–Crippen LogP) is 6.20. The summed E-state index contributed by atoms with van der Waals surface area (Å²) in [6.45, 7) is 11.5. The van der Waals surface area contributed by atoms with E-state index in [2.05, 4.69) is 52.8 Å². The lowest BCUT2D eigenvalue weighted by Gasteiger charge is -2.32. The van der Waals surface area contributed by atoms with Crippen LogP contribution in [0.2, 0.25) is 18.1 Å². The molecule has 1 aliphatic rings. The van der Waals surface area contributed by atoms with Crippen molar-refractivity contribution < 1.29 is 9.53 Å². The van der Waals surface area contributed by atoms with Gasteiger partial charge in [0.15, 0.2) is 0 Å². The highest BCUT2D eigenvalue weighted by Crippen LogP contribution is 2.50. The zero-order valence-corrected chi connectivity index (χ0v) is 18.3. The molecular formula is C23H34O2Si. The highest BCUT2D eigenvalue weighted by atomic mass is 28.3. The standard InChI is InChI=1S/C23H34O2Si/c1-7-19-16-23(22(24)25-6,20-14-12-11-13-15-20)17-21(19)18(5)26(8-2,9-3)10-4/h7,11-15H,8-10,16-17H2,1-6H3/b19-7+,21-18-/t23-/m1/s1. The number of allylic oxidation sites excluding steroid dienone is 4. The van der Waals surface area contributed by atoms with Crippen LogP contribution in [0.25, 0.3) is 0 Å². The van der Waals surface area contributed by atoms with E-state index < -0.39 is 13.5 Å². The molecule has 1 aromatic rings. The van der Waals surface area contributed by atoms with Gasteiger partial charge in [-0.25, -0.2) is 0 Å². The molecule has 3 heteroatoms. The van der Waals surface area contributed by atoms with Gasteiger partial charge in [0.05, 0.1) is 15.2 Å². The fraction of sp³-hybridized carbons (Fsp3) is 0.522. The summed E-state index contributed by atoms with van der Waals surface area (Å²) >= 11 is 0. The van der Waals surface area contributed by atoms with Crippen LogP contribution in [-0.4, -0.2) is 21.2 Å². The quantitative estimate of drug-likeness (QED) is 0.440. The molecule has 0 bridgehead atoms. The Balaban J connectivity index is 2.66. The van der Waals surface area contributed by atoms with Gasteiger partial charge in [0, 0.05) is 0 Å². The van der Waals surface area contributed by atoms with Crippen molar-refractivity contribution in [1.29, 1.82) is 0 Å². The van der Waals surface area contributed by atoms with Crippen molar-refractivity contribution in [2.24, 2.45) is 0 Å². The second-order valence-electron chi connectivity index (χ2n) is 7.55. The minimum absolute atomic E-state index is 0.109. The zero-order chi connectivity index (χ0) is 19.4. The first-order valence-electron chi connectivity index (χ1n) is 9.94. The lowest BCUT2D eigenvalue weighted by Crippen LogP contribution is -2.36. The minimum Gasteiger partial charge on any atom is -0.468 e. The lowest BCUT2D eigenvalue weighted by molar-refractivity contribution is -0.147. The van der Waals surface area contributed by atoms with Gasteiger partial charge in [0.2, 0.25) is 0 Å². The van der Waals surface area contributed by atoms with Gasteiger partial charge in [-0.15, -0.1) is 0 Å². The van der Waals surface area contributed by atoms with Gasteiger partial charge in [-0.2, -0.15) is 0 Å². The van der Waals surface area contributed by atoms with Crippen LogP contribution in [0.3, 0.4) is 0 Å². The smallest absolute Gasteiger partial charge is 0.316 e. The molecule has 2 nitrogen and oxygen atoms in total. The number of carbonyl (C=O) groups is 1. The number of ether oxygens (including phenoxy) is 1. The average Bonchev–Trinajstić information content (AvgIpc) is 3.10. The summed E-state index contributed by atoms with van der Waals surface area (Å²) in [6.07, 6.45) is 3.73.